The first-order valence-electron chi connectivity index (χ1n) is 8.51. The van der Waals surface area contributed by atoms with Gasteiger partial charge in [0.2, 0.25) is 11.7 Å². The molecule has 1 aromatic rings. The van der Waals surface area contributed by atoms with Crippen LogP contribution in [0.2, 0.25) is 0 Å². The summed E-state index contributed by atoms with van der Waals surface area (Å²) in [5, 5.41) is 7.60. The monoisotopic (exact) mass is 293 g/mol. The molecule has 1 aliphatic heterocycles. The zero-order chi connectivity index (χ0) is 14.5. The lowest BCUT2D eigenvalue weighted by Gasteiger charge is -2.27. The lowest BCUT2D eigenvalue weighted by atomic mass is 9.85. The van der Waals surface area contributed by atoms with Crippen molar-refractivity contribution in [3.8, 4) is 0 Å². The van der Waals surface area contributed by atoms with E-state index in [9.17, 15) is 0 Å². The molecule has 2 atom stereocenters. The van der Waals surface area contributed by atoms with Crippen LogP contribution in [0.4, 0.5) is 0 Å². The van der Waals surface area contributed by atoms with E-state index in [0.717, 1.165) is 31.2 Å². The molecule has 2 unspecified atom stereocenters. The molecule has 1 saturated carbocycles. The Morgan fingerprint density at radius 2 is 2.14 bits per heavy atom. The summed E-state index contributed by atoms with van der Waals surface area (Å²) in [6, 6.07) is 0. The van der Waals surface area contributed by atoms with Crippen molar-refractivity contribution in [2.45, 2.75) is 58.0 Å². The number of aromatic nitrogens is 2. The number of ether oxygens (including phenoxy) is 1. The van der Waals surface area contributed by atoms with Gasteiger partial charge in [-0.15, -0.1) is 0 Å². The lowest BCUT2D eigenvalue weighted by Crippen LogP contribution is -2.20. The molecule has 1 N–H and O–H groups in total. The Balaban J connectivity index is 1.65. The fourth-order valence-electron chi connectivity index (χ4n) is 3.64. The van der Waals surface area contributed by atoms with Gasteiger partial charge in [-0.25, -0.2) is 0 Å². The number of rotatable bonds is 6. The van der Waals surface area contributed by atoms with Crippen molar-refractivity contribution in [3.05, 3.63) is 11.7 Å². The molecule has 1 aromatic heterocycles. The Labute approximate surface area is 126 Å². The maximum Gasteiger partial charge on any atom is 0.227 e. The molecule has 3 rings (SSSR count). The molecule has 2 heterocycles. The Kier molecular flexibility index (Phi) is 5.25. The number of hydrogen-bond donors (Lipinski definition) is 1. The second kappa shape index (κ2) is 7.36. The predicted octanol–water partition coefficient (Wildman–Crippen LogP) is 2.88. The molecule has 0 bridgehead atoms. The Morgan fingerprint density at radius 3 is 2.86 bits per heavy atom. The molecular weight excluding hydrogens is 266 g/mol. The van der Waals surface area contributed by atoms with E-state index < -0.39 is 0 Å². The summed E-state index contributed by atoms with van der Waals surface area (Å²) in [6.45, 7) is 4.92. The molecular formula is C16H27N3O2. The SMILES string of the molecule is CCOC(c1noc(CC2CCNC2)n1)C1CCCCC1. The summed E-state index contributed by atoms with van der Waals surface area (Å²) in [5.41, 5.74) is 0. The summed E-state index contributed by atoms with van der Waals surface area (Å²) in [6.07, 6.45) is 8.51. The van der Waals surface area contributed by atoms with Gasteiger partial charge in [0.15, 0.2) is 0 Å². The third-order valence-corrected chi connectivity index (χ3v) is 4.79. The highest BCUT2D eigenvalue weighted by Crippen LogP contribution is 2.35. The third kappa shape index (κ3) is 3.83. The molecule has 0 amide bonds. The van der Waals surface area contributed by atoms with Crippen LogP contribution >= 0.6 is 0 Å². The van der Waals surface area contributed by atoms with Gasteiger partial charge in [0, 0.05) is 13.0 Å². The smallest absolute Gasteiger partial charge is 0.227 e. The van der Waals surface area contributed by atoms with Crippen molar-refractivity contribution in [3.63, 3.8) is 0 Å². The molecule has 5 heteroatoms. The van der Waals surface area contributed by atoms with Gasteiger partial charge in [0.05, 0.1) is 0 Å². The molecule has 21 heavy (non-hydrogen) atoms. The van der Waals surface area contributed by atoms with E-state index in [0.29, 0.717) is 18.4 Å². The molecule has 2 fully saturated rings. The van der Waals surface area contributed by atoms with Crippen LogP contribution in [-0.2, 0) is 11.2 Å². The zero-order valence-corrected chi connectivity index (χ0v) is 13.0. The fraction of sp³-hybridized carbons (Fsp3) is 0.875. The fourth-order valence-corrected chi connectivity index (χ4v) is 3.64. The Hall–Kier alpha value is -0.940. The lowest BCUT2D eigenvalue weighted by molar-refractivity contribution is -0.00145. The van der Waals surface area contributed by atoms with Crippen LogP contribution in [0, 0.1) is 11.8 Å². The molecule has 0 aromatic carbocycles. The van der Waals surface area contributed by atoms with Crippen LogP contribution in [0.3, 0.4) is 0 Å². The van der Waals surface area contributed by atoms with E-state index in [1.165, 1.54) is 38.5 Å². The number of hydrogen-bond acceptors (Lipinski definition) is 5. The van der Waals surface area contributed by atoms with Crippen LogP contribution in [0.25, 0.3) is 0 Å². The largest absolute Gasteiger partial charge is 0.370 e. The zero-order valence-electron chi connectivity index (χ0n) is 13.0. The maximum atomic E-state index is 5.95. The van der Waals surface area contributed by atoms with Gasteiger partial charge in [-0.05, 0) is 51.1 Å². The van der Waals surface area contributed by atoms with Crippen LogP contribution in [0.5, 0.6) is 0 Å². The van der Waals surface area contributed by atoms with Crippen LogP contribution in [0.1, 0.15) is 63.3 Å². The van der Waals surface area contributed by atoms with Gasteiger partial charge < -0.3 is 14.6 Å². The van der Waals surface area contributed by atoms with Gasteiger partial charge in [-0.1, -0.05) is 24.4 Å². The third-order valence-electron chi connectivity index (χ3n) is 4.79. The summed E-state index contributed by atoms with van der Waals surface area (Å²) in [7, 11) is 0. The first-order chi connectivity index (χ1) is 10.4. The average Bonchev–Trinajstić information content (AvgIpc) is 3.18. The van der Waals surface area contributed by atoms with Crippen molar-refractivity contribution in [2.75, 3.05) is 19.7 Å². The van der Waals surface area contributed by atoms with Gasteiger partial charge in [0.1, 0.15) is 6.10 Å². The minimum Gasteiger partial charge on any atom is -0.370 e. The second-order valence-corrected chi connectivity index (χ2v) is 6.38. The van der Waals surface area contributed by atoms with Crippen molar-refractivity contribution in [2.24, 2.45) is 11.8 Å². The topological polar surface area (TPSA) is 60.2 Å². The number of nitrogens with zero attached hydrogens (tertiary/aromatic N) is 2. The van der Waals surface area contributed by atoms with Crippen molar-refractivity contribution in [1.82, 2.24) is 15.5 Å². The molecule has 1 aliphatic carbocycles. The van der Waals surface area contributed by atoms with E-state index in [1.807, 2.05) is 6.92 Å². The van der Waals surface area contributed by atoms with E-state index >= 15 is 0 Å². The van der Waals surface area contributed by atoms with E-state index in [1.54, 1.807) is 0 Å². The van der Waals surface area contributed by atoms with Crippen LogP contribution in [0.15, 0.2) is 4.52 Å². The van der Waals surface area contributed by atoms with Gasteiger partial charge in [-0.3, -0.25) is 0 Å². The van der Waals surface area contributed by atoms with Gasteiger partial charge in [0.25, 0.3) is 0 Å². The highest BCUT2D eigenvalue weighted by atomic mass is 16.5. The van der Waals surface area contributed by atoms with Crippen molar-refractivity contribution >= 4 is 0 Å². The van der Waals surface area contributed by atoms with E-state index in [2.05, 4.69) is 15.5 Å². The maximum absolute atomic E-state index is 5.95. The van der Waals surface area contributed by atoms with E-state index in [-0.39, 0.29) is 6.10 Å². The van der Waals surface area contributed by atoms with Gasteiger partial charge >= 0.3 is 0 Å². The second-order valence-electron chi connectivity index (χ2n) is 6.38. The normalized spacial score (nSPS) is 25.3. The Bertz CT molecular complexity index is 423. The minimum atomic E-state index is 0.0227. The summed E-state index contributed by atoms with van der Waals surface area (Å²) < 4.78 is 11.4. The Morgan fingerprint density at radius 1 is 1.29 bits per heavy atom. The molecule has 0 radical (unpaired) electrons. The highest BCUT2D eigenvalue weighted by Gasteiger charge is 2.30. The minimum absolute atomic E-state index is 0.0227. The molecule has 118 valence electrons. The first-order valence-corrected chi connectivity index (χ1v) is 8.51. The van der Waals surface area contributed by atoms with Crippen molar-refractivity contribution < 1.29 is 9.26 Å². The van der Waals surface area contributed by atoms with Gasteiger partial charge in [-0.2, -0.15) is 4.98 Å². The molecule has 1 saturated heterocycles. The quantitative estimate of drug-likeness (QED) is 0.874. The molecule has 2 aliphatic rings. The predicted molar refractivity (Wildman–Crippen MR) is 79.9 cm³/mol. The summed E-state index contributed by atoms with van der Waals surface area (Å²) >= 11 is 0. The number of nitrogens with one attached hydrogen (secondary N) is 1. The van der Waals surface area contributed by atoms with Crippen molar-refractivity contribution in [1.29, 1.82) is 0 Å². The van der Waals surface area contributed by atoms with Crippen LogP contribution in [-0.4, -0.2) is 29.8 Å². The van der Waals surface area contributed by atoms with Crippen LogP contribution < -0.4 is 5.32 Å². The molecule has 0 spiro atoms. The van der Waals surface area contributed by atoms with E-state index in [4.69, 9.17) is 9.26 Å². The molecule has 5 nitrogen and oxygen atoms in total. The average molecular weight is 293 g/mol. The standard InChI is InChI=1S/C16H27N3O2/c1-2-20-15(13-6-4-3-5-7-13)16-18-14(21-19-16)10-12-8-9-17-11-12/h12-13,15,17H,2-11H2,1H3. The summed E-state index contributed by atoms with van der Waals surface area (Å²) in [5.74, 6) is 2.74. The summed E-state index contributed by atoms with van der Waals surface area (Å²) in [4.78, 5) is 4.64. The first kappa shape index (κ1) is 15.0. The highest BCUT2D eigenvalue weighted by molar-refractivity contribution is 4.96.